The van der Waals surface area contributed by atoms with Crippen LogP contribution in [-0.4, -0.2) is 21.7 Å². The van der Waals surface area contributed by atoms with Crippen molar-refractivity contribution in [3.8, 4) is 0 Å². The molecule has 0 aromatic heterocycles. The number of carbonyl (C=O) groups is 1. The number of benzene rings is 2. The summed E-state index contributed by atoms with van der Waals surface area (Å²) in [5, 5.41) is 0.851. The highest BCUT2D eigenvalue weighted by Crippen LogP contribution is 2.47. The zero-order valence-electron chi connectivity index (χ0n) is 13.1. The highest BCUT2D eigenvalue weighted by Gasteiger charge is 2.42. The molecule has 3 nitrogen and oxygen atoms in total. The SMILES string of the molecule is O=C1CSC2=NC3=C(CCc4ccccc43)C(c3ccccc3)N12. The Bertz CT molecular complexity index is 901. The summed E-state index contributed by atoms with van der Waals surface area (Å²) in [5.41, 5.74) is 6.12. The van der Waals surface area contributed by atoms with E-state index >= 15 is 0 Å². The van der Waals surface area contributed by atoms with Gasteiger partial charge in [0.2, 0.25) is 5.91 Å². The van der Waals surface area contributed by atoms with Gasteiger partial charge >= 0.3 is 0 Å². The van der Waals surface area contributed by atoms with Crippen LogP contribution < -0.4 is 0 Å². The van der Waals surface area contributed by atoms with Crippen molar-refractivity contribution in [1.29, 1.82) is 0 Å². The quantitative estimate of drug-likeness (QED) is 0.790. The summed E-state index contributed by atoms with van der Waals surface area (Å²) in [6.07, 6.45) is 1.97. The summed E-state index contributed by atoms with van der Waals surface area (Å²) in [4.78, 5) is 19.3. The predicted octanol–water partition coefficient (Wildman–Crippen LogP) is 4.03. The number of aliphatic imine (C=N–C) groups is 1. The third-order valence-corrected chi connectivity index (χ3v) is 5.89. The molecular weight excluding hydrogens is 316 g/mol. The molecule has 1 unspecified atom stereocenters. The second kappa shape index (κ2) is 5.35. The molecule has 1 fully saturated rings. The fraction of sp³-hybridized carbons (Fsp3) is 0.200. The van der Waals surface area contributed by atoms with Crippen molar-refractivity contribution in [2.24, 2.45) is 4.99 Å². The van der Waals surface area contributed by atoms with Crippen molar-refractivity contribution in [2.45, 2.75) is 18.9 Å². The lowest BCUT2D eigenvalue weighted by molar-refractivity contribution is -0.125. The van der Waals surface area contributed by atoms with Crippen molar-refractivity contribution in [2.75, 3.05) is 5.75 Å². The molecule has 118 valence electrons. The van der Waals surface area contributed by atoms with Crippen LogP contribution in [0, 0.1) is 0 Å². The molecule has 0 radical (unpaired) electrons. The summed E-state index contributed by atoms with van der Waals surface area (Å²) in [6.45, 7) is 0. The smallest absolute Gasteiger partial charge is 0.239 e. The van der Waals surface area contributed by atoms with E-state index in [-0.39, 0.29) is 11.9 Å². The molecule has 2 aliphatic heterocycles. The molecule has 2 aromatic carbocycles. The molecule has 1 atom stereocenters. The van der Waals surface area contributed by atoms with Gasteiger partial charge in [0.1, 0.15) is 0 Å². The van der Waals surface area contributed by atoms with E-state index in [1.54, 1.807) is 11.8 Å². The van der Waals surface area contributed by atoms with Crippen LogP contribution in [0.25, 0.3) is 5.70 Å². The van der Waals surface area contributed by atoms with Crippen molar-refractivity contribution in [3.63, 3.8) is 0 Å². The number of rotatable bonds is 1. The molecule has 0 N–H and O–H groups in total. The van der Waals surface area contributed by atoms with E-state index in [0.717, 1.165) is 23.7 Å². The van der Waals surface area contributed by atoms with E-state index in [2.05, 4.69) is 36.4 Å². The van der Waals surface area contributed by atoms with Gasteiger partial charge in [-0.2, -0.15) is 0 Å². The first-order valence-corrected chi connectivity index (χ1v) is 9.21. The molecule has 24 heavy (non-hydrogen) atoms. The van der Waals surface area contributed by atoms with Gasteiger partial charge < -0.3 is 0 Å². The average Bonchev–Trinajstić information content (AvgIpc) is 3.01. The largest absolute Gasteiger partial charge is 0.279 e. The number of amides is 1. The van der Waals surface area contributed by atoms with E-state index < -0.39 is 0 Å². The van der Waals surface area contributed by atoms with Gasteiger partial charge in [0.05, 0.1) is 17.5 Å². The van der Waals surface area contributed by atoms with Gasteiger partial charge in [0.15, 0.2) is 5.17 Å². The predicted molar refractivity (Wildman–Crippen MR) is 97.6 cm³/mol. The molecule has 2 heterocycles. The lowest BCUT2D eigenvalue weighted by Gasteiger charge is -2.37. The second-order valence-corrected chi connectivity index (χ2v) is 7.23. The first kappa shape index (κ1) is 14.1. The Kier molecular flexibility index (Phi) is 3.13. The van der Waals surface area contributed by atoms with Crippen LogP contribution in [0.15, 0.2) is 65.2 Å². The number of fused-ring (bicyclic) bond motifs is 3. The molecule has 2 aromatic rings. The van der Waals surface area contributed by atoms with Crippen LogP contribution >= 0.6 is 11.8 Å². The first-order valence-electron chi connectivity index (χ1n) is 8.23. The topological polar surface area (TPSA) is 32.7 Å². The fourth-order valence-corrected chi connectivity index (χ4v) is 4.77. The van der Waals surface area contributed by atoms with Crippen LogP contribution in [0.2, 0.25) is 0 Å². The molecule has 5 rings (SSSR count). The number of aryl methyl sites for hydroxylation is 1. The third kappa shape index (κ3) is 1.99. The third-order valence-electron chi connectivity index (χ3n) is 4.95. The zero-order valence-corrected chi connectivity index (χ0v) is 13.9. The Morgan fingerprint density at radius 1 is 1.00 bits per heavy atom. The van der Waals surface area contributed by atoms with Crippen molar-refractivity contribution >= 4 is 28.5 Å². The Morgan fingerprint density at radius 3 is 2.67 bits per heavy atom. The Hall–Kier alpha value is -2.33. The average molecular weight is 332 g/mol. The number of thioether (sulfide) groups is 1. The maximum atomic E-state index is 12.5. The summed E-state index contributed by atoms with van der Waals surface area (Å²) in [7, 11) is 0. The number of amidine groups is 1. The zero-order chi connectivity index (χ0) is 16.1. The fourth-order valence-electron chi connectivity index (χ4n) is 3.88. The van der Waals surface area contributed by atoms with Gasteiger partial charge in [-0.1, -0.05) is 66.4 Å². The van der Waals surface area contributed by atoms with Crippen LogP contribution in [0.5, 0.6) is 0 Å². The molecular formula is C20H16N2OS. The van der Waals surface area contributed by atoms with Crippen LogP contribution in [0.3, 0.4) is 0 Å². The molecule has 0 saturated carbocycles. The minimum Gasteiger partial charge on any atom is -0.279 e. The van der Waals surface area contributed by atoms with E-state index in [1.807, 2.05) is 23.1 Å². The Balaban J connectivity index is 1.74. The van der Waals surface area contributed by atoms with E-state index in [1.165, 1.54) is 22.3 Å². The van der Waals surface area contributed by atoms with Gasteiger partial charge in [-0.05, 0) is 29.5 Å². The number of hydrogen-bond acceptors (Lipinski definition) is 3. The summed E-state index contributed by atoms with van der Waals surface area (Å²) < 4.78 is 0. The van der Waals surface area contributed by atoms with Crippen LogP contribution in [-0.2, 0) is 11.2 Å². The van der Waals surface area contributed by atoms with E-state index in [9.17, 15) is 4.79 Å². The van der Waals surface area contributed by atoms with Gasteiger partial charge in [-0.25, -0.2) is 4.99 Å². The standard InChI is InChI=1S/C20H16N2OS/c23-17-12-24-20-21-18-15-9-5-4-6-13(15)10-11-16(18)19(22(17)20)14-7-2-1-3-8-14/h1-9,19H,10-12H2. The normalized spacial score (nSPS) is 22.0. The molecule has 3 aliphatic rings. The van der Waals surface area contributed by atoms with Crippen molar-refractivity contribution in [1.82, 2.24) is 4.90 Å². The summed E-state index contributed by atoms with van der Waals surface area (Å²) in [5.74, 6) is 0.655. The van der Waals surface area contributed by atoms with Crippen molar-refractivity contribution in [3.05, 3.63) is 76.9 Å². The number of nitrogens with zero attached hydrogens (tertiary/aromatic N) is 2. The van der Waals surface area contributed by atoms with Crippen molar-refractivity contribution < 1.29 is 4.79 Å². The Morgan fingerprint density at radius 2 is 1.79 bits per heavy atom. The van der Waals surface area contributed by atoms with Gasteiger partial charge in [0.25, 0.3) is 0 Å². The highest BCUT2D eigenvalue weighted by atomic mass is 32.2. The molecule has 1 aliphatic carbocycles. The highest BCUT2D eigenvalue weighted by molar-refractivity contribution is 8.15. The maximum Gasteiger partial charge on any atom is 0.239 e. The minimum atomic E-state index is -0.00967. The second-order valence-electron chi connectivity index (χ2n) is 6.29. The molecule has 4 heteroatoms. The van der Waals surface area contributed by atoms with E-state index in [0.29, 0.717) is 5.75 Å². The lowest BCUT2D eigenvalue weighted by Crippen LogP contribution is -2.38. The number of hydrogen-bond donors (Lipinski definition) is 0. The van der Waals surface area contributed by atoms with Crippen LogP contribution in [0.1, 0.15) is 29.2 Å². The summed E-state index contributed by atoms with van der Waals surface area (Å²) in [6, 6.07) is 18.9. The maximum absolute atomic E-state index is 12.5. The molecule has 1 saturated heterocycles. The minimum absolute atomic E-state index is 0.00967. The Labute approximate surface area is 145 Å². The van der Waals surface area contributed by atoms with Gasteiger partial charge in [-0.15, -0.1) is 0 Å². The molecule has 0 bridgehead atoms. The van der Waals surface area contributed by atoms with Crippen LogP contribution in [0.4, 0.5) is 0 Å². The van der Waals surface area contributed by atoms with Gasteiger partial charge in [0, 0.05) is 5.56 Å². The monoisotopic (exact) mass is 332 g/mol. The van der Waals surface area contributed by atoms with Gasteiger partial charge in [-0.3, -0.25) is 9.69 Å². The lowest BCUT2D eigenvalue weighted by atomic mass is 9.82. The van der Waals surface area contributed by atoms with E-state index in [4.69, 9.17) is 4.99 Å². The summed E-state index contributed by atoms with van der Waals surface area (Å²) >= 11 is 1.56. The molecule has 1 amide bonds. The molecule has 0 spiro atoms. The number of carbonyl (C=O) groups excluding carboxylic acids is 1. The first-order chi connectivity index (χ1) is 11.8.